The van der Waals surface area contributed by atoms with Gasteiger partial charge in [-0.1, -0.05) is 0 Å². The molecule has 0 bridgehead atoms. The van der Waals surface area contributed by atoms with Crippen molar-refractivity contribution in [1.82, 2.24) is 29.6 Å². The van der Waals surface area contributed by atoms with Gasteiger partial charge in [0.2, 0.25) is 17.7 Å². The van der Waals surface area contributed by atoms with Gasteiger partial charge in [-0.3, -0.25) is 44.0 Å². The van der Waals surface area contributed by atoms with Crippen LogP contribution >= 0.6 is 0 Å². The average molecular weight is 804 g/mol. The fourth-order valence-corrected chi connectivity index (χ4v) is 9.24. The van der Waals surface area contributed by atoms with Crippen LogP contribution in [0.2, 0.25) is 0 Å². The summed E-state index contributed by atoms with van der Waals surface area (Å²) in [5.74, 6) is -0.773. The number of imide groups is 2. The molecule has 1 unspecified atom stereocenters. The molecule has 0 radical (unpaired) electrons. The van der Waals surface area contributed by atoms with Crippen molar-refractivity contribution in [2.75, 3.05) is 58.9 Å². The number of unbranched alkanes of at least 4 members (excludes halogenated alkanes) is 1. The molecule has 0 aliphatic carbocycles. The van der Waals surface area contributed by atoms with Gasteiger partial charge in [-0.2, -0.15) is 0 Å². The van der Waals surface area contributed by atoms with Gasteiger partial charge in [-0.15, -0.1) is 0 Å². The van der Waals surface area contributed by atoms with E-state index >= 15 is 0 Å². The summed E-state index contributed by atoms with van der Waals surface area (Å²) >= 11 is 0. The second-order valence-corrected chi connectivity index (χ2v) is 16.3. The van der Waals surface area contributed by atoms with E-state index in [9.17, 15) is 28.8 Å². The van der Waals surface area contributed by atoms with Crippen LogP contribution in [0.4, 0.5) is 5.69 Å². The number of anilines is 1. The molecule has 6 heterocycles. The number of methoxy groups -OCH3 is 2. The highest BCUT2D eigenvalue weighted by molar-refractivity contribution is 6.23. The molecule has 3 fully saturated rings. The van der Waals surface area contributed by atoms with Crippen LogP contribution in [0.5, 0.6) is 11.5 Å². The number of carbonyl (C=O) groups excluding carboxylic acids is 5. The third kappa shape index (κ3) is 7.43. The molecular weight excluding hydrogens is 755 g/mol. The van der Waals surface area contributed by atoms with E-state index in [-0.39, 0.29) is 35.3 Å². The minimum Gasteiger partial charge on any atom is -0.496 e. The molecule has 15 heteroatoms. The van der Waals surface area contributed by atoms with E-state index < -0.39 is 29.7 Å². The Kier molecular flexibility index (Phi) is 10.7. The normalized spacial score (nSPS) is 18.9. The second kappa shape index (κ2) is 15.9. The SMILES string of the molecule is COc1cc(-c2cn(C)c(=O)c3cnccc23)cc(OC)c1CN(C)C(=O)CCCCN1CC2(CCN(c3ccc4c(c3)C(=O)N(C3CCC(=O)NC3=O)C4=O)CC2)C1. The summed E-state index contributed by atoms with van der Waals surface area (Å²) in [6.45, 7) is 4.98. The van der Waals surface area contributed by atoms with Crippen LogP contribution in [0, 0.1) is 5.41 Å². The van der Waals surface area contributed by atoms with Crippen LogP contribution in [0.3, 0.4) is 0 Å². The summed E-state index contributed by atoms with van der Waals surface area (Å²) < 4.78 is 13.2. The molecule has 1 atom stereocenters. The van der Waals surface area contributed by atoms with Crippen molar-refractivity contribution >= 4 is 46.0 Å². The fraction of sp³-hybridized carbons (Fsp3) is 0.432. The first-order chi connectivity index (χ1) is 28.4. The molecule has 4 aliphatic rings. The standard InChI is InChI=1S/C44H49N7O8/c1-47(24-34-36(58-3)19-27(20-37(34)59-4)33-23-48(2)41(55)32-22-45-15-12-29(32)33)39(53)7-5-6-16-49-25-44(26-49)13-17-50(18-14-44)28-8-9-30-31(21-28)43(57)51(42(30)56)35-10-11-38(52)46-40(35)54/h8-9,12,15,19-23,35H,5-7,10-11,13-14,16-18,24-26H2,1-4H3,(H,46,52,54). The molecule has 8 rings (SSSR count). The van der Waals surface area contributed by atoms with Gasteiger partial charge >= 0.3 is 0 Å². The maximum absolute atomic E-state index is 13.3. The zero-order chi connectivity index (χ0) is 41.6. The first-order valence-corrected chi connectivity index (χ1v) is 20.2. The molecule has 1 N–H and O–H groups in total. The van der Waals surface area contributed by atoms with E-state index in [0.29, 0.717) is 35.4 Å². The zero-order valence-corrected chi connectivity index (χ0v) is 33.9. The number of fused-ring (bicyclic) bond motifs is 2. The molecule has 15 nitrogen and oxygen atoms in total. The number of piperidine rings is 2. The Morgan fingerprint density at radius 3 is 2.32 bits per heavy atom. The number of nitrogens with zero attached hydrogens (tertiary/aromatic N) is 6. The lowest BCUT2D eigenvalue weighted by Gasteiger charge is -2.54. The predicted octanol–water partition coefficient (Wildman–Crippen LogP) is 3.75. The third-order valence-corrected chi connectivity index (χ3v) is 12.6. The van der Waals surface area contributed by atoms with Crippen molar-refractivity contribution in [3.63, 3.8) is 0 Å². The topological polar surface area (TPSA) is 164 Å². The van der Waals surface area contributed by atoms with Gasteiger partial charge in [0, 0.05) is 83.0 Å². The van der Waals surface area contributed by atoms with Crippen molar-refractivity contribution in [2.24, 2.45) is 12.5 Å². The number of aromatic nitrogens is 2. The molecule has 2 aromatic heterocycles. The Balaban J connectivity index is 0.801. The lowest BCUT2D eigenvalue weighted by atomic mass is 9.72. The number of hydrogen-bond donors (Lipinski definition) is 1. The summed E-state index contributed by atoms with van der Waals surface area (Å²) in [5.41, 5.74) is 4.03. The number of likely N-dealkylation sites (tertiary alicyclic amines) is 1. The first kappa shape index (κ1) is 39.7. The van der Waals surface area contributed by atoms with E-state index in [1.165, 1.54) is 0 Å². The summed E-state index contributed by atoms with van der Waals surface area (Å²) in [5, 5.41) is 3.54. The van der Waals surface area contributed by atoms with E-state index in [4.69, 9.17) is 9.47 Å². The highest BCUT2D eigenvalue weighted by Gasteiger charge is 2.46. The van der Waals surface area contributed by atoms with Crippen molar-refractivity contribution in [3.05, 3.63) is 82.0 Å². The monoisotopic (exact) mass is 803 g/mol. The Hall–Kier alpha value is -6.09. The van der Waals surface area contributed by atoms with Crippen molar-refractivity contribution in [1.29, 1.82) is 0 Å². The zero-order valence-electron chi connectivity index (χ0n) is 33.9. The van der Waals surface area contributed by atoms with Gasteiger partial charge in [0.25, 0.3) is 17.4 Å². The number of nitrogens with one attached hydrogen (secondary N) is 1. The molecule has 1 spiro atoms. The van der Waals surface area contributed by atoms with Crippen molar-refractivity contribution in [2.45, 2.75) is 57.5 Å². The van der Waals surface area contributed by atoms with Crippen molar-refractivity contribution < 1.29 is 33.4 Å². The number of rotatable bonds is 12. The number of carbonyl (C=O) groups is 5. The molecule has 2 aromatic carbocycles. The van der Waals surface area contributed by atoms with Gasteiger partial charge in [0.05, 0.1) is 42.8 Å². The van der Waals surface area contributed by atoms with Gasteiger partial charge < -0.3 is 28.7 Å². The van der Waals surface area contributed by atoms with E-state index in [1.54, 1.807) is 68.5 Å². The molecule has 4 aliphatic heterocycles. The van der Waals surface area contributed by atoms with Crippen molar-refractivity contribution in [3.8, 4) is 22.6 Å². The number of pyridine rings is 2. The third-order valence-electron chi connectivity index (χ3n) is 12.6. The molecule has 4 aromatic rings. The highest BCUT2D eigenvalue weighted by Crippen LogP contribution is 2.42. The van der Waals surface area contributed by atoms with Gasteiger partial charge in [0.15, 0.2) is 0 Å². The number of benzene rings is 2. The Morgan fingerprint density at radius 2 is 1.63 bits per heavy atom. The van der Waals surface area contributed by atoms with Crippen LogP contribution < -0.4 is 25.2 Å². The maximum Gasteiger partial charge on any atom is 0.262 e. The molecule has 0 saturated carbocycles. The number of aryl methyl sites for hydroxylation is 1. The van der Waals surface area contributed by atoms with E-state index in [0.717, 1.165) is 91.1 Å². The number of amides is 5. The number of hydrogen-bond acceptors (Lipinski definition) is 11. The van der Waals surface area contributed by atoms with Crippen LogP contribution in [-0.2, 0) is 28.0 Å². The summed E-state index contributed by atoms with van der Waals surface area (Å²) in [4.78, 5) is 88.2. The molecule has 59 heavy (non-hydrogen) atoms. The quantitative estimate of drug-likeness (QED) is 0.164. The summed E-state index contributed by atoms with van der Waals surface area (Å²) in [7, 11) is 6.70. The average Bonchev–Trinajstić information content (AvgIpc) is 3.47. The van der Waals surface area contributed by atoms with Crippen LogP contribution in [0.1, 0.15) is 71.2 Å². The Morgan fingerprint density at radius 1 is 0.915 bits per heavy atom. The first-order valence-electron chi connectivity index (χ1n) is 20.2. The lowest BCUT2D eigenvalue weighted by Crippen LogP contribution is -2.60. The molecule has 308 valence electrons. The highest BCUT2D eigenvalue weighted by atomic mass is 16.5. The van der Waals surface area contributed by atoms with Gasteiger partial charge in [-0.25, -0.2) is 0 Å². The summed E-state index contributed by atoms with van der Waals surface area (Å²) in [6.07, 6.45) is 9.43. The maximum atomic E-state index is 13.3. The van der Waals surface area contributed by atoms with Gasteiger partial charge in [-0.05, 0) is 91.4 Å². The number of ether oxygens (including phenoxy) is 2. The lowest BCUT2D eigenvalue weighted by molar-refractivity contribution is -0.136. The fourth-order valence-electron chi connectivity index (χ4n) is 9.24. The van der Waals surface area contributed by atoms with Gasteiger partial charge in [0.1, 0.15) is 17.5 Å². The van der Waals surface area contributed by atoms with E-state index in [2.05, 4.69) is 20.1 Å². The van der Waals surface area contributed by atoms with Crippen LogP contribution in [-0.4, -0.2) is 114 Å². The predicted molar refractivity (Wildman–Crippen MR) is 219 cm³/mol. The molecule has 5 amide bonds. The Labute approximate surface area is 341 Å². The summed E-state index contributed by atoms with van der Waals surface area (Å²) in [6, 6.07) is 10.0. The Bertz CT molecular complexity index is 2400. The smallest absolute Gasteiger partial charge is 0.262 e. The minimum absolute atomic E-state index is 0.0449. The minimum atomic E-state index is -0.979. The van der Waals surface area contributed by atoms with Crippen LogP contribution in [0.15, 0.2) is 59.8 Å². The molecular formula is C44H49N7O8. The van der Waals surface area contributed by atoms with E-state index in [1.807, 2.05) is 24.3 Å². The molecule has 3 saturated heterocycles. The largest absolute Gasteiger partial charge is 0.496 e. The van der Waals surface area contributed by atoms with Crippen LogP contribution in [0.25, 0.3) is 21.9 Å². The second-order valence-electron chi connectivity index (χ2n) is 16.3.